The van der Waals surface area contributed by atoms with Crippen molar-refractivity contribution in [2.45, 2.75) is 25.9 Å². The summed E-state index contributed by atoms with van der Waals surface area (Å²) in [5.74, 6) is 0.223. The lowest BCUT2D eigenvalue weighted by Crippen LogP contribution is -2.39. The van der Waals surface area contributed by atoms with E-state index in [-0.39, 0.29) is 11.9 Å². The summed E-state index contributed by atoms with van der Waals surface area (Å²) in [6.45, 7) is 7.98. The summed E-state index contributed by atoms with van der Waals surface area (Å²) < 4.78 is 5.42. The lowest BCUT2D eigenvalue weighted by molar-refractivity contribution is -0.121. The molecule has 13 heavy (non-hydrogen) atoms. The topological polar surface area (TPSA) is 38.3 Å². The summed E-state index contributed by atoms with van der Waals surface area (Å²) in [6.07, 6.45) is 1.07. The van der Waals surface area contributed by atoms with Gasteiger partial charge in [-0.05, 0) is 6.92 Å². The molecule has 0 aromatic heterocycles. The molecule has 74 valence electrons. The molecule has 0 aromatic carbocycles. The van der Waals surface area contributed by atoms with Gasteiger partial charge in [-0.3, -0.25) is 4.79 Å². The number of ether oxygens (including phenoxy) is 1. The van der Waals surface area contributed by atoms with Gasteiger partial charge in [0.05, 0.1) is 12.7 Å². The van der Waals surface area contributed by atoms with E-state index in [1.807, 2.05) is 6.92 Å². The molecule has 1 fully saturated rings. The van der Waals surface area contributed by atoms with Gasteiger partial charge < -0.3 is 10.1 Å². The van der Waals surface area contributed by atoms with Gasteiger partial charge in [0.25, 0.3) is 0 Å². The van der Waals surface area contributed by atoms with Gasteiger partial charge in [-0.1, -0.05) is 12.2 Å². The molecule has 1 rings (SSSR count). The zero-order valence-electron chi connectivity index (χ0n) is 8.14. The first kappa shape index (κ1) is 10.4. The number of allylic oxidation sites excluding steroid dienone is 1. The summed E-state index contributed by atoms with van der Waals surface area (Å²) in [5, 5.41) is 3.19. The highest BCUT2D eigenvalue weighted by atomic mass is 16.5. The van der Waals surface area contributed by atoms with E-state index in [1.165, 1.54) is 0 Å². The van der Waals surface area contributed by atoms with Gasteiger partial charge in [-0.15, -0.1) is 0 Å². The highest BCUT2D eigenvalue weighted by Gasteiger charge is 2.16. The van der Waals surface area contributed by atoms with Crippen LogP contribution in [-0.2, 0) is 9.53 Å². The lowest BCUT2D eigenvalue weighted by Gasteiger charge is -2.22. The smallest absolute Gasteiger partial charge is 0.139 e. The SMILES string of the molecule is C=C(C)CC(=O)CC1CNCCO1. The van der Waals surface area contributed by atoms with Gasteiger partial charge >= 0.3 is 0 Å². The van der Waals surface area contributed by atoms with E-state index in [0.717, 1.165) is 18.7 Å². The van der Waals surface area contributed by atoms with Crippen molar-refractivity contribution in [3.05, 3.63) is 12.2 Å². The first-order valence-corrected chi connectivity index (χ1v) is 4.67. The van der Waals surface area contributed by atoms with Crippen LogP contribution in [0.2, 0.25) is 0 Å². The van der Waals surface area contributed by atoms with Crippen molar-refractivity contribution in [2.24, 2.45) is 0 Å². The zero-order chi connectivity index (χ0) is 9.68. The van der Waals surface area contributed by atoms with E-state index in [1.54, 1.807) is 0 Å². The molecule has 1 saturated heterocycles. The third kappa shape index (κ3) is 4.20. The minimum Gasteiger partial charge on any atom is -0.375 e. The second kappa shape index (κ2) is 5.14. The van der Waals surface area contributed by atoms with Crippen molar-refractivity contribution in [2.75, 3.05) is 19.7 Å². The maximum Gasteiger partial charge on any atom is 0.139 e. The molecule has 0 bridgehead atoms. The van der Waals surface area contributed by atoms with Crippen LogP contribution in [0.25, 0.3) is 0 Å². The number of carbonyl (C=O) groups excluding carboxylic acids is 1. The molecule has 1 unspecified atom stereocenters. The number of hydrogen-bond donors (Lipinski definition) is 1. The minimum absolute atomic E-state index is 0.0700. The predicted molar refractivity (Wildman–Crippen MR) is 51.7 cm³/mol. The van der Waals surface area contributed by atoms with Crippen molar-refractivity contribution in [3.8, 4) is 0 Å². The van der Waals surface area contributed by atoms with E-state index in [4.69, 9.17) is 4.74 Å². The number of nitrogens with one attached hydrogen (secondary N) is 1. The Morgan fingerprint density at radius 2 is 2.46 bits per heavy atom. The third-order valence-electron chi connectivity index (χ3n) is 1.96. The molecule has 0 radical (unpaired) electrons. The van der Waals surface area contributed by atoms with E-state index >= 15 is 0 Å². The van der Waals surface area contributed by atoms with Crippen molar-refractivity contribution in [1.82, 2.24) is 5.32 Å². The maximum atomic E-state index is 11.4. The van der Waals surface area contributed by atoms with Crippen LogP contribution >= 0.6 is 0 Å². The molecular weight excluding hydrogens is 166 g/mol. The summed E-state index contributed by atoms with van der Waals surface area (Å²) in [7, 11) is 0. The first-order valence-electron chi connectivity index (χ1n) is 4.67. The Labute approximate surface area is 79.2 Å². The van der Waals surface area contributed by atoms with Gasteiger partial charge in [0.1, 0.15) is 5.78 Å². The number of morpholine rings is 1. The summed E-state index contributed by atoms with van der Waals surface area (Å²) in [5.41, 5.74) is 0.925. The fourth-order valence-electron chi connectivity index (χ4n) is 1.41. The van der Waals surface area contributed by atoms with Crippen LogP contribution in [0.5, 0.6) is 0 Å². The maximum absolute atomic E-state index is 11.4. The standard InChI is InChI=1S/C10H17NO2/c1-8(2)5-9(12)6-10-7-11-3-4-13-10/h10-11H,1,3-7H2,2H3. The van der Waals surface area contributed by atoms with Gasteiger partial charge in [0.2, 0.25) is 0 Å². The predicted octanol–water partition coefficient (Wildman–Crippen LogP) is 0.900. The van der Waals surface area contributed by atoms with Crippen molar-refractivity contribution >= 4 is 5.78 Å². The molecule has 0 aliphatic carbocycles. The quantitative estimate of drug-likeness (QED) is 0.658. The normalized spacial score (nSPS) is 22.7. The van der Waals surface area contributed by atoms with Crippen LogP contribution < -0.4 is 5.32 Å². The second-order valence-electron chi connectivity index (χ2n) is 3.57. The molecule has 0 aromatic rings. The largest absolute Gasteiger partial charge is 0.375 e. The molecule has 1 N–H and O–H groups in total. The molecule has 0 saturated carbocycles. The summed E-state index contributed by atoms with van der Waals surface area (Å²) in [4.78, 5) is 11.4. The lowest BCUT2D eigenvalue weighted by atomic mass is 10.1. The third-order valence-corrected chi connectivity index (χ3v) is 1.96. The van der Waals surface area contributed by atoms with Crippen LogP contribution in [0.1, 0.15) is 19.8 Å². The Balaban J connectivity index is 2.22. The Morgan fingerprint density at radius 1 is 1.69 bits per heavy atom. The fraction of sp³-hybridized carbons (Fsp3) is 0.700. The Kier molecular flexibility index (Phi) is 4.12. The summed E-state index contributed by atoms with van der Waals surface area (Å²) >= 11 is 0. The average molecular weight is 183 g/mol. The van der Waals surface area contributed by atoms with Gasteiger partial charge in [-0.2, -0.15) is 0 Å². The number of rotatable bonds is 4. The van der Waals surface area contributed by atoms with E-state index in [2.05, 4.69) is 11.9 Å². The van der Waals surface area contributed by atoms with E-state index < -0.39 is 0 Å². The Hall–Kier alpha value is -0.670. The monoisotopic (exact) mass is 183 g/mol. The first-order chi connectivity index (χ1) is 6.18. The van der Waals surface area contributed by atoms with Crippen LogP contribution in [0, 0.1) is 0 Å². The molecular formula is C10H17NO2. The minimum atomic E-state index is 0.0700. The zero-order valence-corrected chi connectivity index (χ0v) is 8.14. The van der Waals surface area contributed by atoms with Crippen LogP contribution in [-0.4, -0.2) is 31.6 Å². The number of ketones is 1. The van der Waals surface area contributed by atoms with Gasteiger partial charge in [0, 0.05) is 25.9 Å². The second-order valence-corrected chi connectivity index (χ2v) is 3.57. The molecule has 0 spiro atoms. The van der Waals surface area contributed by atoms with Crippen molar-refractivity contribution < 1.29 is 9.53 Å². The van der Waals surface area contributed by atoms with Gasteiger partial charge in [0.15, 0.2) is 0 Å². The summed E-state index contributed by atoms with van der Waals surface area (Å²) in [6, 6.07) is 0. The van der Waals surface area contributed by atoms with Crippen molar-refractivity contribution in [1.29, 1.82) is 0 Å². The number of carbonyl (C=O) groups is 1. The van der Waals surface area contributed by atoms with Crippen LogP contribution in [0.4, 0.5) is 0 Å². The average Bonchev–Trinajstić information content (AvgIpc) is 2.04. The van der Waals surface area contributed by atoms with E-state index in [9.17, 15) is 4.79 Å². The molecule has 1 aliphatic rings. The van der Waals surface area contributed by atoms with Crippen molar-refractivity contribution in [3.63, 3.8) is 0 Å². The molecule has 3 heteroatoms. The highest BCUT2D eigenvalue weighted by molar-refractivity contribution is 5.81. The fourth-order valence-corrected chi connectivity index (χ4v) is 1.41. The molecule has 1 aliphatic heterocycles. The van der Waals surface area contributed by atoms with Crippen LogP contribution in [0.15, 0.2) is 12.2 Å². The highest BCUT2D eigenvalue weighted by Crippen LogP contribution is 2.06. The molecule has 3 nitrogen and oxygen atoms in total. The Bertz CT molecular complexity index is 195. The number of hydrogen-bond acceptors (Lipinski definition) is 3. The molecule has 0 amide bonds. The van der Waals surface area contributed by atoms with Crippen LogP contribution in [0.3, 0.4) is 0 Å². The van der Waals surface area contributed by atoms with Gasteiger partial charge in [-0.25, -0.2) is 0 Å². The molecule has 1 atom stereocenters. The molecule has 1 heterocycles. The Morgan fingerprint density at radius 3 is 3.00 bits per heavy atom. The number of Topliss-reactive ketones (excluding diaryl/α,β-unsaturated/α-hetero) is 1. The van der Waals surface area contributed by atoms with E-state index in [0.29, 0.717) is 19.4 Å².